The third kappa shape index (κ3) is 4.84. The summed E-state index contributed by atoms with van der Waals surface area (Å²) >= 11 is 3.28. The van der Waals surface area contributed by atoms with Gasteiger partial charge in [0.1, 0.15) is 4.60 Å². The van der Waals surface area contributed by atoms with Crippen molar-refractivity contribution in [3.63, 3.8) is 0 Å². The van der Waals surface area contributed by atoms with Gasteiger partial charge < -0.3 is 10.5 Å². The molecular weight excluding hydrogens is 394 g/mol. The zero-order valence-corrected chi connectivity index (χ0v) is 16.9. The second kappa shape index (κ2) is 8.66. The van der Waals surface area contributed by atoms with Gasteiger partial charge in [-0.3, -0.25) is 4.68 Å². The first-order valence-corrected chi connectivity index (χ1v) is 9.99. The maximum Gasteiger partial charge on any atom is 0.263 e. The smallest absolute Gasteiger partial charge is 0.263 e. The van der Waals surface area contributed by atoms with E-state index in [2.05, 4.69) is 57.0 Å². The molecule has 6 nitrogen and oxygen atoms in total. The van der Waals surface area contributed by atoms with E-state index in [1.54, 1.807) is 12.4 Å². The van der Waals surface area contributed by atoms with Crippen LogP contribution in [0.1, 0.15) is 52.0 Å². The van der Waals surface area contributed by atoms with Crippen LogP contribution in [0.15, 0.2) is 35.3 Å². The standard InChI is InChI=1S/C19H26BrN5O/c1-3-14-6-4-5-7-15(9-13(2)8-14)25-12-16(10-23-25)26-19-18(21)22-11-17(20)24-19/h4-5,10-15H,3,6-9H2,1-2H3,(H2,21,22)/b5-4-. The largest absolute Gasteiger partial charge is 0.433 e. The average Bonchev–Trinajstić information content (AvgIpc) is 3.10. The third-order valence-electron chi connectivity index (χ3n) is 4.94. The summed E-state index contributed by atoms with van der Waals surface area (Å²) in [4.78, 5) is 8.25. The lowest BCUT2D eigenvalue weighted by atomic mass is 9.88. The van der Waals surface area contributed by atoms with Gasteiger partial charge in [-0.25, -0.2) is 9.97 Å². The molecule has 140 valence electrons. The Labute approximate surface area is 163 Å². The molecule has 0 saturated heterocycles. The van der Waals surface area contributed by atoms with Crippen molar-refractivity contribution in [2.75, 3.05) is 5.73 Å². The first-order valence-electron chi connectivity index (χ1n) is 9.20. The monoisotopic (exact) mass is 419 g/mol. The topological polar surface area (TPSA) is 78.8 Å². The molecule has 2 aromatic heterocycles. The second-order valence-corrected chi connectivity index (χ2v) is 7.90. The van der Waals surface area contributed by atoms with E-state index in [0.29, 0.717) is 22.3 Å². The molecule has 3 atom stereocenters. The number of nitrogens with zero attached hydrogens (tertiary/aromatic N) is 4. The molecule has 0 spiro atoms. The Morgan fingerprint density at radius 2 is 2.08 bits per heavy atom. The Bertz CT molecular complexity index is 760. The van der Waals surface area contributed by atoms with Gasteiger partial charge in [0.15, 0.2) is 11.6 Å². The van der Waals surface area contributed by atoms with Crippen LogP contribution < -0.4 is 10.5 Å². The number of allylic oxidation sites excluding steroid dienone is 2. The summed E-state index contributed by atoms with van der Waals surface area (Å²) in [6.07, 6.45) is 15.6. The molecule has 0 radical (unpaired) electrons. The fourth-order valence-corrected chi connectivity index (χ4v) is 3.80. The first kappa shape index (κ1) is 18.9. The number of nitrogen functional groups attached to an aromatic ring is 1. The van der Waals surface area contributed by atoms with Gasteiger partial charge in [-0.15, -0.1) is 0 Å². The highest BCUT2D eigenvalue weighted by Gasteiger charge is 2.20. The van der Waals surface area contributed by atoms with Crippen molar-refractivity contribution < 1.29 is 4.74 Å². The molecule has 0 aromatic carbocycles. The summed E-state index contributed by atoms with van der Waals surface area (Å²) in [6, 6.07) is 0.333. The van der Waals surface area contributed by atoms with Crippen molar-refractivity contribution in [3.05, 3.63) is 35.3 Å². The van der Waals surface area contributed by atoms with Crippen molar-refractivity contribution in [1.29, 1.82) is 0 Å². The van der Waals surface area contributed by atoms with E-state index >= 15 is 0 Å². The number of aromatic nitrogens is 4. The number of rotatable bonds is 4. The van der Waals surface area contributed by atoms with Crippen LogP contribution in [-0.2, 0) is 0 Å². The van der Waals surface area contributed by atoms with Gasteiger partial charge in [0, 0.05) is 0 Å². The number of hydrogen-bond acceptors (Lipinski definition) is 5. The minimum Gasteiger partial charge on any atom is -0.433 e. The van der Waals surface area contributed by atoms with E-state index in [1.807, 2.05) is 10.9 Å². The molecule has 2 heterocycles. The lowest BCUT2D eigenvalue weighted by Crippen LogP contribution is -2.14. The van der Waals surface area contributed by atoms with E-state index < -0.39 is 0 Å². The SMILES string of the molecule is CCC1C/C=C\CC(n2cc(Oc3nc(Br)cnc3N)cn2)CC(C)C1. The van der Waals surface area contributed by atoms with Gasteiger partial charge in [-0.1, -0.05) is 32.4 Å². The number of ether oxygens (including phenoxy) is 1. The molecule has 3 rings (SSSR count). The number of nitrogens with two attached hydrogens (primary N) is 1. The number of halogens is 1. The molecule has 0 fully saturated rings. The van der Waals surface area contributed by atoms with E-state index in [0.717, 1.165) is 18.8 Å². The molecule has 0 aliphatic heterocycles. The molecule has 0 amide bonds. The fraction of sp³-hybridized carbons (Fsp3) is 0.526. The summed E-state index contributed by atoms with van der Waals surface area (Å²) in [7, 11) is 0. The maximum absolute atomic E-state index is 5.83. The van der Waals surface area contributed by atoms with E-state index in [9.17, 15) is 0 Å². The van der Waals surface area contributed by atoms with Crippen molar-refractivity contribution in [1.82, 2.24) is 19.7 Å². The van der Waals surface area contributed by atoms with Crippen LogP contribution >= 0.6 is 15.9 Å². The number of anilines is 1. The third-order valence-corrected chi connectivity index (χ3v) is 5.32. The van der Waals surface area contributed by atoms with Crippen LogP contribution in [0.2, 0.25) is 0 Å². The Hall–Kier alpha value is -1.89. The van der Waals surface area contributed by atoms with Crippen molar-refractivity contribution in [3.8, 4) is 11.6 Å². The molecule has 3 unspecified atom stereocenters. The minimum atomic E-state index is 0.255. The highest BCUT2D eigenvalue weighted by Crippen LogP contribution is 2.32. The lowest BCUT2D eigenvalue weighted by molar-refractivity contribution is 0.308. The van der Waals surface area contributed by atoms with Crippen LogP contribution in [0.5, 0.6) is 11.6 Å². The molecule has 26 heavy (non-hydrogen) atoms. The van der Waals surface area contributed by atoms with Gasteiger partial charge >= 0.3 is 0 Å². The molecule has 1 aliphatic rings. The van der Waals surface area contributed by atoms with Gasteiger partial charge in [0.2, 0.25) is 0 Å². The minimum absolute atomic E-state index is 0.255. The first-order chi connectivity index (χ1) is 12.5. The molecule has 7 heteroatoms. The summed E-state index contributed by atoms with van der Waals surface area (Å²) in [5, 5.41) is 4.52. The Kier molecular flexibility index (Phi) is 6.29. The van der Waals surface area contributed by atoms with Crippen LogP contribution in [0.3, 0.4) is 0 Å². The van der Waals surface area contributed by atoms with Crippen molar-refractivity contribution in [2.24, 2.45) is 11.8 Å². The van der Waals surface area contributed by atoms with Gasteiger partial charge in [-0.05, 0) is 53.4 Å². The van der Waals surface area contributed by atoms with Crippen LogP contribution in [0.25, 0.3) is 0 Å². The van der Waals surface area contributed by atoms with Gasteiger partial charge in [0.25, 0.3) is 5.88 Å². The highest BCUT2D eigenvalue weighted by atomic mass is 79.9. The predicted molar refractivity (Wildman–Crippen MR) is 106 cm³/mol. The average molecular weight is 420 g/mol. The molecule has 2 N–H and O–H groups in total. The Morgan fingerprint density at radius 1 is 1.27 bits per heavy atom. The Morgan fingerprint density at radius 3 is 2.88 bits per heavy atom. The molecule has 0 saturated carbocycles. The van der Waals surface area contributed by atoms with Gasteiger partial charge in [0.05, 0.1) is 24.6 Å². The summed E-state index contributed by atoms with van der Waals surface area (Å²) < 4.78 is 8.36. The van der Waals surface area contributed by atoms with Gasteiger partial charge in [-0.2, -0.15) is 5.10 Å². The van der Waals surface area contributed by atoms with E-state index in [1.165, 1.54) is 19.3 Å². The predicted octanol–water partition coefficient (Wildman–Crippen LogP) is 5.14. The normalized spacial score (nSPS) is 25.1. The number of hydrogen-bond donors (Lipinski definition) is 1. The zero-order valence-electron chi connectivity index (χ0n) is 15.3. The van der Waals surface area contributed by atoms with Crippen LogP contribution in [0, 0.1) is 11.8 Å². The summed E-state index contributed by atoms with van der Waals surface area (Å²) in [5.41, 5.74) is 5.83. The molecule has 1 aliphatic carbocycles. The lowest BCUT2D eigenvalue weighted by Gasteiger charge is -2.22. The maximum atomic E-state index is 5.83. The molecular formula is C19H26BrN5O. The Balaban J connectivity index is 1.72. The highest BCUT2D eigenvalue weighted by molar-refractivity contribution is 9.10. The second-order valence-electron chi connectivity index (χ2n) is 7.09. The van der Waals surface area contributed by atoms with Crippen molar-refractivity contribution in [2.45, 2.75) is 52.0 Å². The fourth-order valence-electron chi connectivity index (χ4n) is 3.53. The van der Waals surface area contributed by atoms with E-state index in [4.69, 9.17) is 10.5 Å². The summed E-state index contributed by atoms with van der Waals surface area (Å²) in [6.45, 7) is 4.63. The van der Waals surface area contributed by atoms with Crippen molar-refractivity contribution >= 4 is 21.7 Å². The quantitative estimate of drug-likeness (QED) is 0.693. The molecule has 0 bridgehead atoms. The molecule has 2 aromatic rings. The van der Waals surface area contributed by atoms with E-state index in [-0.39, 0.29) is 11.7 Å². The zero-order chi connectivity index (χ0) is 18.5. The van der Waals surface area contributed by atoms with Crippen LogP contribution in [0.4, 0.5) is 5.82 Å². The summed E-state index contributed by atoms with van der Waals surface area (Å²) in [5.74, 6) is 2.62. The van der Waals surface area contributed by atoms with Crippen LogP contribution in [-0.4, -0.2) is 19.7 Å².